The van der Waals surface area contributed by atoms with E-state index < -0.39 is 0 Å². The van der Waals surface area contributed by atoms with Crippen molar-refractivity contribution >= 4 is 39.9 Å². The molecule has 4 aromatic rings. The van der Waals surface area contributed by atoms with E-state index in [1.807, 2.05) is 54.6 Å². The maximum atomic E-state index is 12.9. The fraction of sp³-hybridized carbons (Fsp3) is 0.115. The van der Waals surface area contributed by atoms with Gasteiger partial charge in [0.2, 0.25) is 0 Å². The maximum absolute atomic E-state index is 12.9. The number of carbonyl (C=O) groups is 2. The van der Waals surface area contributed by atoms with Gasteiger partial charge in [0.15, 0.2) is 5.13 Å². The molecular weight excluding hydrogens is 456 g/mol. The predicted molar refractivity (Wildman–Crippen MR) is 129 cm³/mol. The molecule has 0 saturated heterocycles. The van der Waals surface area contributed by atoms with Gasteiger partial charge in [0.25, 0.3) is 5.91 Å². The zero-order valence-corrected chi connectivity index (χ0v) is 19.0. The summed E-state index contributed by atoms with van der Waals surface area (Å²) in [6, 6.07) is 22.3. The van der Waals surface area contributed by atoms with Crippen molar-refractivity contribution in [3.8, 4) is 0 Å². The average molecular weight is 475 g/mol. The molecule has 0 radical (unpaired) electrons. The summed E-state index contributed by atoms with van der Waals surface area (Å²) in [5, 5.41) is 4.09. The van der Waals surface area contributed by atoms with Crippen LogP contribution in [0.1, 0.15) is 48.4 Å². The van der Waals surface area contributed by atoms with Crippen LogP contribution in [-0.4, -0.2) is 16.9 Å². The van der Waals surface area contributed by atoms with Gasteiger partial charge in [0, 0.05) is 34.5 Å². The molecule has 1 unspecified atom stereocenters. The summed E-state index contributed by atoms with van der Waals surface area (Å²) in [6.45, 7) is 0. The van der Waals surface area contributed by atoms with Gasteiger partial charge in [0.1, 0.15) is 6.10 Å². The number of hydrogen-bond donors (Lipinski definition) is 1. The molecule has 0 bridgehead atoms. The molecular formula is C26H19ClN2O3S. The third kappa shape index (κ3) is 4.82. The van der Waals surface area contributed by atoms with E-state index in [2.05, 4.69) is 10.3 Å². The van der Waals surface area contributed by atoms with Gasteiger partial charge in [-0.25, -0.2) is 9.78 Å². The van der Waals surface area contributed by atoms with E-state index >= 15 is 0 Å². The van der Waals surface area contributed by atoms with Crippen LogP contribution < -0.4 is 5.32 Å². The largest absolute Gasteiger partial charge is 0.454 e. The summed E-state index contributed by atoms with van der Waals surface area (Å²) < 4.78 is 5.60. The number of nitrogens with one attached hydrogen (secondary N) is 1. The SMILES string of the molecule is O=C(Nc1ncc(Cc2ccc(Cl)cc2)s1)c1ccc2c(c1)CC(c1ccccc1)OC2=O. The number of anilines is 1. The number of halogens is 1. The highest BCUT2D eigenvalue weighted by Gasteiger charge is 2.28. The molecule has 2 heterocycles. The van der Waals surface area contributed by atoms with Crippen molar-refractivity contribution in [3.63, 3.8) is 0 Å². The summed E-state index contributed by atoms with van der Waals surface area (Å²) >= 11 is 7.37. The van der Waals surface area contributed by atoms with E-state index in [0.717, 1.165) is 21.6 Å². The second kappa shape index (κ2) is 9.17. The number of esters is 1. The molecule has 3 aromatic carbocycles. The number of thiazole rings is 1. The minimum atomic E-state index is -0.371. The Kier molecular flexibility index (Phi) is 5.94. The van der Waals surface area contributed by atoms with Crippen molar-refractivity contribution in [1.29, 1.82) is 0 Å². The minimum Gasteiger partial charge on any atom is -0.454 e. The Bertz CT molecular complexity index is 1320. The third-order valence-electron chi connectivity index (χ3n) is 5.48. The first kappa shape index (κ1) is 21.4. The van der Waals surface area contributed by atoms with Gasteiger partial charge in [-0.2, -0.15) is 0 Å². The number of aromatic nitrogens is 1. The highest BCUT2D eigenvalue weighted by Crippen LogP contribution is 2.31. The first-order valence-corrected chi connectivity index (χ1v) is 11.6. The number of amides is 1. The van der Waals surface area contributed by atoms with Crippen molar-refractivity contribution in [1.82, 2.24) is 4.98 Å². The second-order valence-electron chi connectivity index (χ2n) is 7.77. The average Bonchev–Trinajstić information content (AvgIpc) is 3.27. The summed E-state index contributed by atoms with van der Waals surface area (Å²) in [5.74, 6) is -0.635. The van der Waals surface area contributed by atoms with Crippen molar-refractivity contribution in [2.45, 2.75) is 18.9 Å². The topological polar surface area (TPSA) is 68.3 Å². The third-order valence-corrected chi connectivity index (χ3v) is 6.64. The van der Waals surface area contributed by atoms with E-state index in [-0.39, 0.29) is 18.0 Å². The first-order valence-electron chi connectivity index (χ1n) is 10.4. The van der Waals surface area contributed by atoms with Crippen LogP contribution in [0.4, 0.5) is 5.13 Å². The number of hydrogen-bond acceptors (Lipinski definition) is 5. The summed E-state index contributed by atoms with van der Waals surface area (Å²) in [4.78, 5) is 30.7. The molecule has 1 N–H and O–H groups in total. The Balaban J connectivity index is 1.30. The lowest BCUT2D eigenvalue weighted by Crippen LogP contribution is -2.23. The van der Waals surface area contributed by atoms with Gasteiger partial charge in [-0.3, -0.25) is 10.1 Å². The molecule has 0 saturated carbocycles. The standard InChI is InChI=1S/C26H19ClN2O3S/c27-20-9-6-16(7-10-20)12-21-15-28-26(33-21)29-24(30)18-8-11-22-19(13-18)14-23(32-25(22)31)17-4-2-1-3-5-17/h1-11,13,15,23H,12,14H2,(H,28,29,30). The van der Waals surface area contributed by atoms with Gasteiger partial charge in [0.05, 0.1) is 5.56 Å². The van der Waals surface area contributed by atoms with Gasteiger partial charge in [-0.05, 0) is 47.0 Å². The normalized spacial score (nSPS) is 14.9. The molecule has 0 aliphatic carbocycles. The number of nitrogens with zero attached hydrogens (tertiary/aromatic N) is 1. The number of benzene rings is 3. The number of cyclic esters (lactones) is 1. The number of carbonyl (C=O) groups excluding carboxylic acids is 2. The predicted octanol–water partition coefficient (Wildman–Crippen LogP) is 6.09. The fourth-order valence-corrected chi connectivity index (χ4v) is 4.78. The quantitative estimate of drug-likeness (QED) is 0.355. The molecule has 5 nitrogen and oxygen atoms in total. The lowest BCUT2D eigenvalue weighted by molar-refractivity contribution is 0.0252. The summed E-state index contributed by atoms with van der Waals surface area (Å²) in [6.07, 6.45) is 2.64. The molecule has 33 heavy (non-hydrogen) atoms. The van der Waals surface area contributed by atoms with Crippen LogP contribution in [-0.2, 0) is 17.6 Å². The minimum absolute atomic E-state index is 0.264. The molecule has 1 amide bonds. The molecule has 164 valence electrons. The second-order valence-corrected chi connectivity index (χ2v) is 9.32. The fourth-order valence-electron chi connectivity index (χ4n) is 3.81. The molecule has 0 fully saturated rings. The molecule has 1 aliphatic heterocycles. The Morgan fingerprint density at radius 2 is 1.88 bits per heavy atom. The van der Waals surface area contributed by atoms with Crippen LogP contribution in [0.3, 0.4) is 0 Å². The molecule has 0 spiro atoms. The van der Waals surface area contributed by atoms with Crippen LogP contribution in [0.15, 0.2) is 79.0 Å². The van der Waals surface area contributed by atoms with Crippen molar-refractivity contribution in [2.75, 3.05) is 5.32 Å². The van der Waals surface area contributed by atoms with Gasteiger partial charge < -0.3 is 4.74 Å². The van der Waals surface area contributed by atoms with Crippen LogP contribution in [0, 0.1) is 0 Å². The lowest BCUT2D eigenvalue weighted by Gasteiger charge is -2.25. The molecule has 1 aliphatic rings. The van der Waals surface area contributed by atoms with Crippen molar-refractivity contribution in [2.24, 2.45) is 0 Å². The highest BCUT2D eigenvalue weighted by molar-refractivity contribution is 7.15. The van der Waals surface area contributed by atoms with Crippen LogP contribution >= 0.6 is 22.9 Å². The molecule has 1 atom stereocenters. The zero-order valence-electron chi connectivity index (χ0n) is 17.5. The van der Waals surface area contributed by atoms with E-state index in [1.165, 1.54) is 11.3 Å². The van der Waals surface area contributed by atoms with Gasteiger partial charge in [-0.1, -0.05) is 54.1 Å². The molecule has 1 aromatic heterocycles. The Hall–Kier alpha value is -3.48. The Labute approximate surface area is 200 Å². The lowest BCUT2D eigenvalue weighted by atomic mass is 9.93. The maximum Gasteiger partial charge on any atom is 0.339 e. The van der Waals surface area contributed by atoms with Crippen molar-refractivity contribution in [3.05, 3.63) is 117 Å². The zero-order chi connectivity index (χ0) is 22.8. The smallest absolute Gasteiger partial charge is 0.339 e. The first-order chi connectivity index (χ1) is 16.0. The number of ether oxygens (including phenoxy) is 1. The van der Waals surface area contributed by atoms with Gasteiger partial charge in [-0.15, -0.1) is 11.3 Å². The van der Waals surface area contributed by atoms with Crippen LogP contribution in [0.25, 0.3) is 0 Å². The highest BCUT2D eigenvalue weighted by atomic mass is 35.5. The van der Waals surface area contributed by atoms with E-state index in [9.17, 15) is 9.59 Å². The van der Waals surface area contributed by atoms with E-state index in [0.29, 0.717) is 34.1 Å². The monoisotopic (exact) mass is 474 g/mol. The molecule has 7 heteroatoms. The van der Waals surface area contributed by atoms with Gasteiger partial charge >= 0.3 is 5.97 Å². The van der Waals surface area contributed by atoms with Crippen molar-refractivity contribution < 1.29 is 14.3 Å². The van der Waals surface area contributed by atoms with E-state index in [4.69, 9.17) is 16.3 Å². The van der Waals surface area contributed by atoms with Crippen LogP contribution in [0.2, 0.25) is 5.02 Å². The summed E-state index contributed by atoms with van der Waals surface area (Å²) in [5.41, 5.74) is 3.83. The Morgan fingerprint density at radius 3 is 2.67 bits per heavy atom. The van der Waals surface area contributed by atoms with E-state index in [1.54, 1.807) is 24.4 Å². The molecule has 5 rings (SSSR count). The number of rotatable bonds is 5. The van der Waals surface area contributed by atoms with Crippen LogP contribution in [0.5, 0.6) is 0 Å². The Morgan fingerprint density at radius 1 is 1.09 bits per heavy atom. The number of fused-ring (bicyclic) bond motifs is 1. The summed E-state index contributed by atoms with van der Waals surface area (Å²) in [7, 11) is 0.